The van der Waals surface area contributed by atoms with Crippen molar-refractivity contribution in [2.75, 3.05) is 26.4 Å². The molecule has 0 aliphatic heterocycles. The summed E-state index contributed by atoms with van der Waals surface area (Å²) < 4.78 is 20.1. The lowest BCUT2D eigenvalue weighted by molar-refractivity contribution is -0.386. The van der Waals surface area contributed by atoms with Gasteiger partial charge in [-0.15, -0.1) is 0 Å². The van der Waals surface area contributed by atoms with Crippen LogP contribution in [0.1, 0.15) is 38.4 Å². The van der Waals surface area contributed by atoms with Gasteiger partial charge in [0.25, 0.3) is 5.69 Å². The summed E-state index contributed by atoms with van der Waals surface area (Å²) in [5.41, 5.74) is 0.128. The van der Waals surface area contributed by atoms with Gasteiger partial charge in [0.2, 0.25) is 0 Å². The zero-order valence-corrected chi connectivity index (χ0v) is 19.6. The third-order valence-electron chi connectivity index (χ3n) is 4.18. The number of esters is 3. The van der Waals surface area contributed by atoms with E-state index >= 15 is 0 Å². The molecule has 1 unspecified atom stereocenters. The second kappa shape index (κ2) is 14.8. The van der Waals surface area contributed by atoms with Gasteiger partial charge in [-0.1, -0.05) is 25.3 Å². The predicted octanol–water partition coefficient (Wildman–Crippen LogP) is 2.92. The zero-order chi connectivity index (χ0) is 26.4. The van der Waals surface area contributed by atoms with Gasteiger partial charge in [-0.3, -0.25) is 14.9 Å². The third kappa shape index (κ3) is 11.0. The molecule has 190 valence electrons. The molecule has 0 aliphatic carbocycles. The van der Waals surface area contributed by atoms with Gasteiger partial charge >= 0.3 is 24.0 Å². The number of nitrogens with zero attached hydrogens (tertiary/aromatic N) is 1. The van der Waals surface area contributed by atoms with E-state index in [1.54, 1.807) is 0 Å². The molecule has 0 aliphatic rings. The van der Waals surface area contributed by atoms with Gasteiger partial charge in [-0.05, 0) is 26.3 Å². The number of rotatable bonds is 14. The SMILES string of the molecule is C=C(C)C(=O)OCCCC(=O)OC(COC(=O)NCCOC(=O)C(=C)C)c1ccccc1[N+](=O)[O-]. The molecular formula is C23H28N2O10. The first-order chi connectivity index (χ1) is 16.5. The number of hydrogen-bond acceptors (Lipinski definition) is 10. The van der Waals surface area contributed by atoms with Crippen molar-refractivity contribution in [3.8, 4) is 0 Å². The van der Waals surface area contributed by atoms with Gasteiger partial charge in [-0.2, -0.15) is 0 Å². The lowest BCUT2D eigenvalue weighted by atomic mass is 10.1. The molecule has 0 fully saturated rings. The van der Waals surface area contributed by atoms with E-state index in [0.29, 0.717) is 0 Å². The first-order valence-corrected chi connectivity index (χ1v) is 10.5. The Balaban J connectivity index is 2.71. The number of nitrogens with one attached hydrogen (secondary N) is 1. The Labute approximate surface area is 202 Å². The van der Waals surface area contributed by atoms with Crippen LogP contribution in [-0.2, 0) is 33.3 Å². The van der Waals surface area contributed by atoms with Crippen molar-refractivity contribution < 1.29 is 43.0 Å². The summed E-state index contributed by atoms with van der Waals surface area (Å²) in [6, 6.07) is 5.55. The standard InChI is InChI=1S/C23H28N2O10/c1-15(2)21(27)32-12-7-10-20(26)35-19(17-8-5-6-9-18(17)25(30)31)14-34-23(29)24-11-13-33-22(28)16(3)4/h5-6,8-9,19H,1,3,7,10-14H2,2,4H3,(H,24,29). The van der Waals surface area contributed by atoms with Crippen LogP contribution < -0.4 is 5.32 Å². The number of carbonyl (C=O) groups excluding carboxylic acids is 4. The first kappa shape index (κ1) is 28.8. The molecule has 1 atom stereocenters. The molecule has 1 N–H and O–H groups in total. The maximum Gasteiger partial charge on any atom is 0.407 e. The van der Waals surface area contributed by atoms with Crippen molar-refractivity contribution in [3.63, 3.8) is 0 Å². The van der Waals surface area contributed by atoms with Crippen LogP contribution in [0.3, 0.4) is 0 Å². The number of carbonyl (C=O) groups is 4. The molecule has 12 nitrogen and oxygen atoms in total. The monoisotopic (exact) mass is 492 g/mol. The summed E-state index contributed by atoms with van der Waals surface area (Å²) in [6.45, 7) is 9.08. The minimum atomic E-state index is -1.27. The van der Waals surface area contributed by atoms with Crippen molar-refractivity contribution in [2.45, 2.75) is 32.8 Å². The van der Waals surface area contributed by atoms with Crippen LogP contribution in [0, 0.1) is 10.1 Å². The van der Waals surface area contributed by atoms with Crippen LogP contribution in [0.4, 0.5) is 10.5 Å². The highest BCUT2D eigenvalue weighted by molar-refractivity contribution is 5.87. The maximum absolute atomic E-state index is 12.3. The predicted molar refractivity (Wildman–Crippen MR) is 122 cm³/mol. The fourth-order valence-electron chi connectivity index (χ4n) is 2.46. The average Bonchev–Trinajstić information content (AvgIpc) is 2.81. The minimum absolute atomic E-state index is 0.0303. The van der Waals surface area contributed by atoms with E-state index in [9.17, 15) is 29.3 Å². The Morgan fingerprint density at radius 2 is 1.60 bits per heavy atom. The van der Waals surface area contributed by atoms with Gasteiger partial charge in [0.15, 0.2) is 6.10 Å². The second-order valence-corrected chi connectivity index (χ2v) is 7.26. The lowest BCUT2D eigenvalue weighted by Gasteiger charge is -2.18. The van der Waals surface area contributed by atoms with Crippen LogP contribution in [-0.4, -0.2) is 55.3 Å². The van der Waals surface area contributed by atoms with Gasteiger partial charge in [0, 0.05) is 23.6 Å². The van der Waals surface area contributed by atoms with Crippen molar-refractivity contribution in [2.24, 2.45) is 0 Å². The summed E-state index contributed by atoms with van der Waals surface area (Å²) >= 11 is 0. The second-order valence-electron chi connectivity index (χ2n) is 7.26. The number of para-hydroxylation sites is 1. The van der Waals surface area contributed by atoms with E-state index in [2.05, 4.69) is 18.5 Å². The topological polar surface area (TPSA) is 160 Å². The summed E-state index contributed by atoms with van der Waals surface area (Å²) in [7, 11) is 0. The Morgan fingerprint density at radius 3 is 2.20 bits per heavy atom. The number of amides is 1. The van der Waals surface area contributed by atoms with Crippen LogP contribution >= 0.6 is 0 Å². The fraction of sp³-hybridized carbons (Fsp3) is 0.391. The zero-order valence-electron chi connectivity index (χ0n) is 19.6. The molecule has 1 rings (SSSR count). The van der Waals surface area contributed by atoms with E-state index in [4.69, 9.17) is 18.9 Å². The van der Waals surface area contributed by atoms with Crippen LogP contribution in [0.25, 0.3) is 0 Å². The molecular weight excluding hydrogens is 464 g/mol. The molecule has 0 radical (unpaired) electrons. The molecule has 0 heterocycles. The molecule has 0 saturated heterocycles. The molecule has 1 aromatic rings. The largest absolute Gasteiger partial charge is 0.462 e. The summed E-state index contributed by atoms with van der Waals surface area (Å²) in [4.78, 5) is 57.7. The van der Waals surface area contributed by atoms with E-state index < -0.39 is 41.6 Å². The van der Waals surface area contributed by atoms with Gasteiger partial charge in [0.1, 0.15) is 13.2 Å². The number of ether oxygens (including phenoxy) is 4. The van der Waals surface area contributed by atoms with Crippen molar-refractivity contribution in [3.05, 3.63) is 64.2 Å². The van der Waals surface area contributed by atoms with Crippen LogP contribution in [0.5, 0.6) is 0 Å². The molecule has 1 aromatic carbocycles. The smallest absolute Gasteiger partial charge is 0.407 e. The average molecular weight is 492 g/mol. The Bertz CT molecular complexity index is 973. The molecule has 0 bridgehead atoms. The fourth-order valence-corrected chi connectivity index (χ4v) is 2.46. The highest BCUT2D eigenvalue weighted by atomic mass is 16.6. The molecule has 0 spiro atoms. The highest BCUT2D eigenvalue weighted by Crippen LogP contribution is 2.28. The summed E-state index contributed by atoms with van der Waals surface area (Å²) in [5, 5.41) is 13.7. The first-order valence-electron chi connectivity index (χ1n) is 10.5. The third-order valence-corrected chi connectivity index (χ3v) is 4.18. The normalized spacial score (nSPS) is 10.9. The highest BCUT2D eigenvalue weighted by Gasteiger charge is 2.26. The van der Waals surface area contributed by atoms with Gasteiger partial charge < -0.3 is 24.3 Å². The van der Waals surface area contributed by atoms with E-state index in [0.717, 1.165) is 0 Å². The molecule has 12 heteroatoms. The Hall–Kier alpha value is -4.22. The lowest BCUT2D eigenvalue weighted by Crippen LogP contribution is -2.30. The number of nitro benzene ring substituents is 1. The number of nitro groups is 1. The molecule has 0 saturated carbocycles. The van der Waals surface area contributed by atoms with Crippen LogP contribution in [0.2, 0.25) is 0 Å². The minimum Gasteiger partial charge on any atom is -0.462 e. The molecule has 0 aromatic heterocycles. The Morgan fingerprint density at radius 1 is 1.00 bits per heavy atom. The number of benzene rings is 1. The molecule has 35 heavy (non-hydrogen) atoms. The van der Waals surface area contributed by atoms with E-state index in [1.165, 1.54) is 38.1 Å². The maximum atomic E-state index is 12.3. The van der Waals surface area contributed by atoms with E-state index in [-0.39, 0.29) is 55.0 Å². The van der Waals surface area contributed by atoms with Crippen molar-refractivity contribution >= 4 is 29.7 Å². The van der Waals surface area contributed by atoms with Gasteiger partial charge in [0.05, 0.1) is 23.6 Å². The van der Waals surface area contributed by atoms with Gasteiger partial charge in [-0.25, -0.2) is 14.4 Å². The van der Waals surface area contributed by atoms with E-state index in [1.807, 2.05) is 0 Å². The van der Waals surface area contributed by atoms with Crippen LogP contribution in [0.15, 0.2) is 48.6 Å². The number of alkyl carbamates (subject to hydrolysis) is 1. The van der Waals surface area contributed by atoms with Crippen molar-refractivity contribution in [1.82, 2.24) is 5.32 Å². The van der Waals surface area contributed by atoms with Crippen molar-refractivity contribution in [1.29, 1.82) is 0 Å². The molecule has 1 amide bonds. The quantitative estimate of drug-likeness (QED) is 0.102. The number of hydrogen-bond donors (Lipinski definition) is 1. The summed E-state index contributed by atoms with van der Waals surface area (Å²) in [6.07, 6.45) is -2.19. The Kier molecular flexibility index (Phi) is 12.2. The summed E-state index contributed by atoms with van der Waals surface area (Å²) in [5.74, 6) is -1.95.